The van der Waals surface area contributed by atoms with Gasteiger partial charge in [-0.25, -0.2) is 26.3 Å². The molecule has 9 nitrogen and oxygen atoms in total. The van der Waals surface area contributed by atoms with Crippen LogP contribution in [0.1, 0.15) is 86.9 Å². The van der Waals surface area contributed by atoms with E-state index in [2.05, 4.69) is 15.3 Å². The fourth-order valence-corrected chi connectivity index (χ4v) is 8.93. The van der Waals surface area contributed by atoms with Gasteiger partial charge in [-0.2, -0.15) is 5.10 Å². The lowest BCUT2D eigenvalue weighted by molar-refractivity contribution is -0.0880. The van der Waals surface area contributed by atoms with E-state index in [1.807, 2.05) is 0 Å². The Balaban J connectivity index is 1.48. The third-order valence-corrected chi connectivity index (χ3v) is 11.9. The van der Waals surface area contributed by atoms with Gasteiger partial charge in [-0.3, -0.25) is 9.59 Å². The topological polar surface area (TPSA) is 106 Å². The number of hydrogen-bond donors (Lipinski definition) is 1. The van der Waals surface area contributed by atoms with Crippen molar-refractivity contribution in [3.05, 3.63) is 67.5 Å². The molecule has 6 heterocycles. The molecular formula is C33H42F3N5O4S. The molecule has 7 rings (SSSR count). The predicted molar refractivity (Wildman–Crippen MR) is 172 cm³/mol. The summed E-state index contributed by atoms with van der Waals surface area (Å²) in [6.45, 7) is 3.80. The number of nitrogens with one attached hydrogen (secondary N) is 1. The average molecular weight is 662 g/mol. The number of pyridine rings is 1. The molecule has 0 radical (unpaired) electrons. The third-order valence-electron chi connectivity index (χ3n) is 10.2. The van der Waals surface area contributed by atoms with Gasteiger partial charge in [0.05, 0.1) is 23.1 Å². The first-order valence-electron chi connectivity index (χ1n) is 16.4. The second-order valence-electron chi connectivity index (χ2n) is 13.3. The number of piperidine rings is 1. The van der Waals surface area contributed by atoms with Crippen LogP contribution in [0.5, 0.6) is 0 Å². The molecule has 8 bridgehead atoms. The second kappa shape index (κ2) is 12.8. The van der Waals surface area contributed by atoms with Gasteiger partial charge >= 0.3 is 0 Å². The molecule has 1 N–H and O–H groups in total. The lowest BCUT2D eigenvalue weighted by Gasteiger charge is -2.36. The number of anilines is 1. The summed E-state index contributed by atoms with van der Waals surface area (Å²) in [6, 6.07) is 4.88. The predicted octanol–water partition coefficient (Wildman–Crippen LogP) is 5.08. The van der Waals surface area contributed by atoms with E-state index in [1.165, 1.54) is 29.8 Å². The molecule has 2 aromatic heterocycles. The van der Waals surface area contributed by atoms with Gasteiger partial charge < -0.3 is 14.8 Å². The summed E-state index contributed by atoms with van der Waals surface area (Å²) in [6.07, 6.45) is 4.39. The first-order valence-corrected chi connectivity index (χ1v) is 18.2. The summed E-state index contributed by atoms with van der Waals surface area (Å²) in [5.41, 5.74) is -0.783. The van der Waals surface area contributed by atoms with Crippen LogP contribution in [0.2, 0.25) is 0 Å². The average Bonchev–Trinajstić information content (AvgIpc) is 3.02. The highest BCUT2D eigenvalue weighted by atomic mass is 32.2. The molecule has 2 fully saturated rings. The molecule has 0 amide bonds. The Labute approximate surface area is 266 Å². The Bertz CT molecular complexity index is 1840. The van der Waals surface area contributed by atoms with Gasteiger partial charge in [0.25, 0.3) is 17.0 Å². The number of rotatable bonds is 1. The van der Waals surface area contributed by atoms with Crippen LogP contribution < -0.4 is 16.4 Å². The fourth-order valence-electron chi connectivity index (χ4n) is 7.44. The van der Waals surface area contributed by atoms with Gasteiger partial charge in [0.1, 0.15) is 21.2 Å². The van der Waals surface area contributed by atoms with Crippen molar-refractivity contribution in [2.45, 2.75) is 82.7 Å². The number of sulfone groups is 1. The number of alkyl halides is 2. The number of halogens is 3. The number of benzene rings is 1. The van der Waals surface area contributed by atoms with Gasteiger partial charge in [0.15, 0.2) is 5.82 Å². The molecule has 4 aliphatic heterocycles. The Kier molecular flexibility index (Phi) is 9.10. The minimum atomic E-state index is -3.34. The van der Waals surface area contributed by atoms with Crippen LogP contribution in [0.15, 0.2) is 33.9 Å². The number of aryl methyl sites for hydroxylation is 2. The molecule has 0 spiro atoms. The van der Waals surface area contributed by atoms with Gasteiger partial charge in [-0.05, 0) is 77.1 Å². The molecule has 0 saturated carbocycles. The Morgan fingerprint density at radius 1 is 0.913 bits per heavy atom. The van der Waals surface area contributed by atoms with Crippen molar-refractivity contribution in [1.29, 1.82) is 0 Å². The molecule has 0 aliphatic carbocycles. The summed E-state index contributed by atoms with van der Waals surface area (Å²) < 4.78 is 74.8. The molecule has 1 aromatic carbocycles. The van der Waals surface area contributed by atoms with Gasteiger partial charge in [0.2, 0.25) is 0 Å². The lowest BCUT2D eigenvalue weighted by atomic mass is 9.85. The first-order chi connectivity index (χ1) is 21.9. The van der Waals surface area contributed by atoms with E-state index in [1.54, 1.807) is 13.0 Å². The van der Waals surface area contributed by atoms with Crippen LogP contribution in [-0.4, -0.2) is 58.8 Å². The summed E-state index contributed by atoms with van der Waals surface area (Å²) >= 11 is 0. The Morgan fingerprint density at radius 3 is 2.28 bits per heavy atom. The molecule has 4 aliphatic rings. The van der Waals surface area contributed by atoms with E-state index in [-0.39, 0.29) is 52.7 Å². The normalized spacial score (nSPS) is 25.7. The molecule has 1 atom stereocenters. The lowest BCUT2D eigenvalue weighted by Crippen LogP contribution is -2.40. The Hall–Kier alpha value is -3.19. The third kappa shape index (κ3) is 6.24. The van der Waals surface area contributed by atoms with Crippen molar-refractivity contribution in [3.63, 3.8) is 0 Å². The molecule has 3 aromatic rings. The van der Waals surface area contributed by atoms with Crippen molar-refractivity contribution < 1.29 is 21.6 Å². The van der Waals surface area contributed by atoms with Crippen molar-refractivity contribution in [1.82, 2.24) is 19.2 Å². The zero-order valence-corrected chi connectivity index (χ0v) is 27.2. The largest absolute Gasteiger partial charge is 0.361 e. The molecule has 0 unspecified atom stereocenters. The summed E-state index contributed by atoms with van der Waals surface area (Å²) in [5.74, 6) is -5.42. The maximum absolute atomic E-state index is 16.0. The number of hydrogen-bond acceptors (Lipinski definition) is 7. The zero-order valence-electron chi connectivity index (χ0n) is 26.4. The van der Waals surface area contributed by atoms with Crippen molar-refractivity contribution in [3.8, 4) is 0 Å². The monoisotopic (exact) mass is 661 g/mol. The molecular weight excluding hydrogens is 619 g/mol. The standard InChI is InChI=1S/C33H42F3N5O4S/c1-21-24-8-7-9-27(28(24)34)33(35,36)23-10-16-40(17-11-23)14-5-3-4-6-15-41-29-26(30(37-21)38-39(2)32(29)43)20-25(31(41)42)22-12-18-46(44,45)19-13-22/h7-9,20-23H,3-6,10-19H2,1-2H3,(H,37,38)/t21-/m1/s1. The van der Waals surface area contributed by atoms with E-state index >= 15 is 13.2 Å². The zero-order chi connectivity index (χ0) is 32.8. The molecule has 250 valence electrons. The van der Waals surface area contributed by atoms with Crippen molar-refractivity contribution in [2.75, 3.05) is 36.5 Å². The van der Waals surface area contributed by atoms with Gasteiger partial charge in [0, 0.05) is 36.0 Å². The summed E-state index contributed by atoms with van der Waals surface area (Å²) in [4.78, 5) is 29.8. The van der Waals surface area contributed by atoms with E-state index in [0.29, 0.717) is 49.8 Å². The van der Waals surface area contributed by atoms with Crippen molar-refractivity contribution >= 4 is 26.6 Å². The number of nitrogens with zero attached hydrogens (tertiary/aromatic N) is 4. The SMILES string of the molecule is C[C@H]1Nc2nn(C)c(=O)c3c2cc(C2CCS(=O)(=O)CC2)c(=O)n3CCCCCCN2CCC(CC2)C(F)(F)c2cccc1c2F. The van der Waals surface area contributed by atoms with Crippen molar-refractivity contribution in [2.24, 2.45) is 13.0 Å². The minimum Gasteiger partial charge on any atom is -0.361 e. The smallest absolute Gasteiger partial charge is 0.291 e. The highest BCUT2D eigenvalue weighted by molar-refractivity contribution is 7.91. The van der Waals surface area contributed by atoms with Crippen LogP contribution in [0.4, 0.5) is 19.0 Å². The first kappa shape index (κ1) is 32.7. The minimum absolute atomic E-state index is 0.0236. The van der Waals surface area contributed by atoms with Crippen LogP contribution >= 0.6 is 0 Å². The summed E-state index contributed by atoms with van der Waals surface area (Å²) in [5, 5.41) is 7.97. The number of aromatic nitrogens is 3. The Morgan fingerprint density at radius 2 is 1.59 bits per heavy atom. The summed E-state index contributed by atoms with van der Waals surface area (Å²) in [7, 11) is -1.71. The van der Waals surface area contributed by atoms with E-state index in [4.69, 9.17) is 0 Å². The van der Waals surface area contributed by atoms with Crippen LogP contribution in [0.25, 0.3) is 10.9 Å². The maximum Gasteiger partial charge on any atom is 0.291 e. The quantitative estimate of drug-likeness (QED) is 0.388. The van der Waals surface area contributed by atoms with E-state index in [9.17, 15) is 18.0 Å². The van der Waals surface area contributed by atoms with Gasteiger partial charge in [-0.1, -0.05) is 31.0 Å². The van der Waals surface area contributed by atoms with Crippen LogP contribution in [-0.2, 0) is 29.4 Å². The van der Waals surface area contributed by atoms with E-state index in [0.717, 1.165) is 30.5 Å². The highest BCUT2D eigenvalue weighted by Gasteiger charge is 2.45. The van der Waals surface area contributed by atoms with Gasteiger partial charge in [-0.15, -0.1) is 0 Å². The fraction of sp³-hybridized carbons (Fsp3) is 0.606. The van der Waals surface area contributed by atoms with Crippen LogP contribution in [0.3, 0.4) is 0 Å². The highest BCUT2D eigenvalue weighted by Crippen LogP contribution is 2.44. The molecule has 2 saturated heterocycles. The second-order valence-corrected chi connectivity index (χ2v) is 15.6. The van der Waals surface area contributed by atoms with Crippen LogP contribution in [0, 0.1) is 11.7 Å². The molecule has 13 heteroatoms. The number of fused-ring (bicyclic) bond motifs is 8. The maximum atomic E-state index is 16.0. The van der Waals surface area contributed by atoms with E-state index < -0.39 is 44.7 Å². The molecule has 46 heavy (non-hydrogen) atoms.